The van der Waals surface area contributed by atoms with Gasteiger partial charge in [0.15, 0.2) is 0 Å². The summed E-state index contributed by atoms with van der Waals surface area (Å²) in [7, 11) is -5.46. The zero-order valence-electron chi connectivity index (χ0n) is 7.82. The highest BCUT2D eigenvalue weighted by molar-refractivity contribution is 7.93. The van der Waals surface area contributed by atoms with Crippen LogP contribution in [-0.4, -0.2) is 24.7 Å². The van der Waals surface area contributed by atoms with Crippen LogP contribution in [0.2, 0.25) is 5.02 Å². The Hall–Kier alpha value is -1.28. The fraction of sp³-hybridized carbons (Fsp3) is 0.125. The molecule has 1 aromatic carbocycles. The van der Waals surface area contributed by atoms with Crippen LogP contribution in [0.1, 0.15) is 0 Å². The summed E-state index contributed by atoms with van der Waals surface area (Å²) < 4.78 is 61.0. The fourth-order valence-corrected chi connectivity index (χ4v) is 2.20. The molecule has 4 nitrogen and oxygen atoms in total. The van der Waals surface area contributed by atoms with Gasteiger partial charge in [-0.3, -0.25) is 0 Å². The topological polar surface area (TPSA) is 71.4 Å². The molecule has 1 N–H and O–H groups in total. The standard InChI is InChI=1S/C8H4ClF3O4S/c9-5-3-4(1-2-6(5)10)17(15,16)8(11,12)7(13)14/h1-3H,(H,13,14). The largest absolute Gasteiger partial charge is 0.476 e. The summed E-state index contributed by atoms with van der Waals surface area (Å²) in [5.41, 5.74) is 0. The molecule has 9 heteroatoms. The molecule has 17 heavy (non-hydrogen) atoms. The van der Waals surface area contributed by atoms with E-state index in [0.29, 0.717) is 18.2 Å². The molecule has 0 spiro atoms. The van der Waals surface area contributed by atoms with Gasteiger partial charge in [-0.05, 0) is 18.2 Å². The van der Waals surface area contributed by atoms with E-state index in [1.165, 1.54) is 0 Å². The second-order valence-electron chi connectivity index (χ2n) is 2.90. The monoisotopic (exact) mass is 288 g/mol. The van der Waals surface area contributed by atoms with Gasteiger partial charge < -0.3 is 5.11 Å². The van der Waals surface area contributed by atoms with E-state index in [1.54, 1.807) is 0 Å². The van der Waals surface area contributed by atoms with Crippen molar-refractivity contribution in [1.82, 2.24) is 0 Å². The third kappa shape index (κ3) is 2.22. The van der Waals surface area contributed by atoms with E-state index < -0.39 is 36.8 Å². The fourth-order valence-electron chi connectivity index (χ4n) is 0.907. The van der Waals surface area contributed by atoms with Crippen LogP contribution < -0.4 is 0 Å². The van der Waals surface area contributed by atoms with E-state index in [9.17, 15) is 26.4 Å². The molecule has 0 saturated heterocycles. The first kappa shape index (κ1) is 13.8. The van der Waals surface area contributed by atoms with Gasteiger partial charge in [-0.2, -0.15) is 8.78 Å². The molecule has 0 radical (unpaired) electrons. The van der Waals surface area contributed by atoms with Crippen LogP contribution in [0.25, 0.3) is 0 Å². The van der Waals surface area contributed by atoms with Crippen molar-refractivity contribution in [2.45, 2.75) is 10.2 Å². The molecular formula is C8H4ClF3O4S. The molecule has 0 aromatic heterocycles. The first-order chi connectivity index (χ1) is 7.60. The lowest BCUT2D eigenvalue weighted by Gasteiger charge is -2.12. The van der Waals surface area contributed by atoms with Crippen molar-refractivity contribution >= 4 is 27.4 Å². The number of benzene rings is 1. The maximum Gasteiger partial charge on any atom is 0.444 e. The van der Waals surface area contributed by atoms with E-state index in [1.807, 2.05) is 0 Å². The van der Waals surface area contributed by atoms with Crippen LogP contribution in [0, 0.1) is 5.82 Å². The highest BCUT2D eigenvalue weighted by Crippen LogP contribution is 2.31. The highest BCUT2D eigenvalue weighted by Gasteiger charge is 2.54. The van der Waals surface area contributed by atoms with Crippen molar-refractivity contribution in [1.29, 1.82) is 0 Å². The molecule has 0 aliphatic carbocycles. The molecule has 0 aliphatic rings. The number of carboxylic acids is 1. The molecule has 0 saturated carbocycles. The molecule has 0 bridgehead atoms. The summed E-state index contributed by atoms with van der Waals surface area (Å²) in [6.07, 6.45) is 0. The van der Waals surface area contributed by atoms with E-state index in [0.717, 1.165) is 0 Å². The molecule has 0 aliphatic heterocycles. The predicted molar refractivity (Wildman–Crippen MR) is 51.2 cm³/mol. The van der Waals surface area contributed by atoms with Crippen molar-refractivity contribution in [3.05, 3.63) is 29.0 Å². The van der Waals surface area contributed by atoms with Gasteiger partial charge in [0.25, 0.3) is 9.84 Å². The van der Waals surface area contributed by atoms with Gasteiger partial charge in [0.05, 0.1) is 9.92 Å². The van der Waals surface area contributed by atoms with Crippen molar-refractivity contribution in [2.24, 2.45) is 0 Å². The lowest BCUT2D eigenvalue weighted by atomic mass is 10.3. The number of carboxylic acid groups (broad SMARTS) is 1. The average Bonchev–Trinajstić information content (AvgIpc) is 2.21. The minimum absolute atomic E-state index is 0.420. The minimum atomic E-state index is -5.46. The Labute approximate surface area is 98.5 Å². The lowest BCUT2D eigenvalue weighted by Crippen LogP contribution is -2.37. The second kappa shape index (κ2) is 4.19. The molecule has 0 amide bonds. The van der Waals surface area contributed by atoms with E-state index in [-0.39, 0.29) is 0 Å². The SMILES string of the molecule is O=C(O)C(F)(F)S(=O)(=O)c1ccc(F)c(Cl)c1. The Morgan fingerprint density at radius 1 is 1.35 bits per heavy atom. The van der Waals surface area contributed by atoms with Crippen LogP contribution in [0.3, 0.4) is 0 Å². The zero-order valence-corrected chi connectivity index (χ0v) is 9.40. The van der Waals surface area contributed by atoms with Crippen LogP contribution in [0.15, 0.2) is 23.1 Å². The normalized spacial score (nSPS) is 12.5. The Morgan fingerprint density at radius 3 is 2.29 bits per heavy atom. The van der Waals surface area contributed by atoms with E-state index in [2.05, 4.69) is 0 Å². The maximum atomic E-state index is 12.9. The minimum Gasteiger partial charge on any atom is -0.476 e. The Balaban J connectivity index is 3.42. The number of hydrogen-bond acceptors (Lipinski definition) is 3. The second-order valence-corrected chi connectivity index (χ2v) is 5.30. The number of halogens is 4. The number of aliphatic carboxylic acids is 1. The molecule has 0 fully saturated rings. The van der Waals surface area contributed by atoms with Crippen LogP contribution in [0.5, 0.6) is 0 Å². The zero-order chi connectivity index (χ0) is 13.4. The summed E-state index contributed by atoms with van der Waals surface area (Å²) in [4.78, 5) is 9.08. The van der Waals surface area contributed by atoms with Crippen molar-refractivity contribution in [3.63, 3.8) is 0 Å². The van der Waals surface area contributed by atoms with E-state index in [4.69, 9.17) is 16.7 Å². The van der Waals surface area contributed by atoms with Gasteiger partial charge in [-0.15, -0.1) is 0 Å². The first-order valence-corrected chi connectivity index (χ1v) is 5.77. The summed E-state index contributed by atoms with van der Waals surface area (Å²) in [6.45, 7) is 0. The van der Waals surface area contributed by atoms with Gasteiger partial charge in [0, 0.05) is 0 Å². The Kier molecular flexibility index (Phi) is 3.40. The van der Waals surface area contributed by atoms with E-state index >= 15 is 0 Å². The molecule has 0 atom stereocenters. The number of rotatable bonds is 3. The quantitative estimate of drug-likeness (QED) is 0.863. The lowest BCUT2D eigenvalue weighted by molar-refractivity contribution is -0.153. The van der Waals surface area contributed by atoms with Gasteiger partial charge in [0.2, 0.25) is 0 Å². The van der Waals surface area contributed by atoms with Crippen molar-refractivity contribution in [3.8, 4) is 0 Å². The summed E-state index contributed by atoms with van der Waals surface area (Å²) >= 11 is 5.22. The Morgan fingerprint density at radius 2 is 1.88 bits per heavy atom. The molecular weight excluding hydrogens is 285 g/mol. The van der Waals surface area contributed by atoms with Crippen LogP contribution >= 0.6 is 11.6 Å². The molecule has 0 unspecified atom stereocenters. The number of sulfone groups is 1. The van der Waals surface area contributed by atoms with Crippen LogP contribution in [-0.2, 0) is 14.6 Å². The van der Waals surface area contributed by atoms with Gasteiger partial charge in [-0.25, -0.2) is 17.6 Å². The third-order valence-electron chi connectivity index (χ3n) is 1.79. The Bertz CT molecular complexity index is 570. The van der Waals surface area contributed by atoms with Gasteiger partial charge in [0.1, 0.15) is 5.82 Å². The number of carbonyl (C=O) groups is 1. The molecule has 0 heterocycles. The molecule has 94 valence electrons. The van der Waals surface area contributed by atoms with Gasteiger partial charge in [-0.1, -0.05) is 11.6 Å². The van der Waals surface area contributed by atoms with Gasteiger partial charge >= 0.3 is 11.2 Å². The highest BCUT2D eigenvalue weighted by atomic mass is 35.5. The number of hydrogen-bond donors (Lipinski definition) is 1. The first-order valence-electron chi connectivity index (χ1n) is 3.91. The van der Waals surface area contributed by atoms with Crippen molar-refractivity contribution < 1.29 is 31.5 Å². The third-order valence-corrected chi connectivity index (χ3v) is 3.80. The average molecular weight is 289 g/mol. The molecule has 1 aromatic rings. The number of alkyl halides is 2. The summed E-state index contributed by atoms with van der Waals surface area (Å²) in [6, 6.07) is 1.48. The maximum absolute atomic E-state index is 12.9. The summed E-state index contributed by atoms with van der Waals surface area (Å²) in [5, 5.41) is 2.42. The molecule has 1 rings (SSSR count). The smallest absolute Gasteiger partial charge is 0.444 e. The summed E-state index contributed by atoms with van der Waals surface area (Å²) in [5.74, 6) is -3.83. The predicted octanol–water partition coefficient (Wildman–Crippen LogP) is 1.93. The van der Waals surface area contributed by atoms with Crippen LogP contribution in [0.4, 0.5) is 13.2 Å². The van der Waals surface area contributed by atoms with Crippen molar-refractivity contribution in [2.75, 3.05) is 0 Å².